The Morgan fingerprint density at radius 1 is 0.889 bits per heavy atom. The highest BCUT2D eigenvalue weighted by Gasteiger charge is 2.27. The number of carbonyl (C=O) groups is 2. The summed E-state index contributed by atoms with van der Waals surface area (Å²) in [6.45, 7) is 9.33. The topological polar surface area (TPSA) is 52.6 Å². The van der Waals surface area contributed by atoms with Crippen molar-refractivity contribution in [1.82, 2.24) is 0 Å². The van der Waals surface area contributed by atoms with E-state index in [0.717, 1.165) is 57.8 Å². The lowest BCUT2D eigenvalue weighted by molar-refractivity contribution is -0.142. The minimum Gasteiger partial charge on any atom is -0.462 e. The molecule has 0 heterocycles. The quantitative estimate of drug-likeness (QED) is 0.313. The van der Waals surface area contributed by atoms with Crippen LogP contribution in [-0.2, 0) is 19.1 Å². The van der Waals surface area contributed by atoms with Gasteiger partial charge in [-0.05, 0) is 31.1 Å². The van der Waals surface area contributed by atoms with Gasteiger partial charge >= 0.3 is 11.9 Å². The Hall–Kier alpha value is -1.58. The molecule has 0 aromatic carbocycles. The second-order valence-corrected chi connectivity index (χ2v) is 8.11. The van der Waals surface area contributed by atoms with Crippen molar-refractivity contribution >= 4 is 11.9 Å². The summed E-state index contributed by atoms with van der Waals surface area (Å²) in [5.41, 5.74) is 0.774. The molecule has 0 aromatic heterocycles. The minimum absolute atomic E-state index is 0.0597. The van der Waals surface area contributed by atoms with Crippen LogP contribution in [-0.4, -0.2) is 25.2 Å². The summed E-state index contributed by atoms with van der Waals surface area (Å²) >= 11 is 0. The number of ether oxygens (including phenoxy) is 2. The highest BCUT2D eigenvalue weighted by molar-refractivity contribution is 6.02. The monoisotopic (exact) mass is 378 g/mol. The van der Waals surface area contributed by atoms with Gasteiger partial charge in [-0.2, -0.15) is 0 Å². The number of rotatable bonds is 12. The molecule has 4 nitrogen and oxygen atoms in total. The van der Waals surface area contributed by atoms with E-state index in [1.54, 1.807) is 6.08 Å². The molecule has 0 amide bonds. The maximum atomic E-state index is 12.6. The van der Waals surface area contributed by atoms with Crippen LogP contribution in [0.5, 0.6) is 0 Å². The van der Waals surface area contributed by atoms with Crippen molar-refractivity contribution in [2.75, 3.05) is 13.2 Å². The Morgan fingerprint density at radius 3 is 2.00 bits per heavy atom. The molecule has 0 bridgehead atoms. The van der Waals surface area contributed by atoms with Crippen molar-refractivity contribution in [2.45, 2.75) is 91.9 Å². The van der Waals surface area contributed by atoms with Crippen molar-refractivity contribution in [3.63, 3.8) is 0 Å². The molecule has 0 saturated heterocycles. The van der Waals surface area contributed by atoms with E-state index in [0.29, 0.717) is 30.8 Å². The third-order valence-electron chi connectivity index (χ3n) is 4.97. The van der Waals surface area contributed by atoms with Crippen LogP contribution in [0.3, 0.4) is 0 Å². The predicted molar refractivity (Wildman–Crippen MR) is 109 cm³/mol. The Kier molecular flexibility index (Phi) is 11.1. The van der Waals surface area contributed by atoms with E-state index >= 15 is 0 Å². The van der Waals surface area contributed by atoms with E-state index in [4.69, 9.17) is 9.47 Å². The highest BCUT2D eigenvalue weighted by Crippen LogP contribution is 2.32. The van der Waals surface area contributed by atoms with Crippen LogP contribution in [0, 0.1) is 5.41 Å². The Balaban J connectivity index is 2.74. The first-order valence-corrected chi connectivity index (χ1v) is 10.7. The van der Waals surface area contributed by atoms with Gasteiger partial charge in [0.1, 0.15) is 0 Å². The number of unbranched alkanes of at least 4 members (excludes halogenated alkanes) is 6. The maximum Gasteiger partial charge on any atom is 0.338 e. The number of hydrogen-bond acceptors (Lipinski definition) is 4. The summed E-state index contributed by atoms with van der Waals surface area (Å²) in [4.78, 5) is 25.2. The van der Waals surface area contributed by atoms with E-state index in [-0.39, 0.29) is 11.4 Å². The zero-order valence-electron chi connectivity index (χ0n) is 17.8. The average Bonchev–Trinajstić information content (AvgIpc) is 2.79. The molecule has 0 spiro atoms. The van der Waals surface area contributed by atoms with E-state index < -0.39 is 5.97 Å². The lowest BCUT2D eigenvalue weighted by Crippen LogP contribution is -2.17. The molecule has 1 aliphatic carbocycles. The molecule has 0 saturated carbocycles. The van der Waals surface area contributed by atoms with Crippen molar-refractivity contribution in [3.8, 4) is 0 Å². The van der Waals surface area contributed by atoms with Crippen LogP contribution in [0.4, 0.5) is 0 Å². The largest absolute Gasteiger partial charge is 0.462 e. The molecule has 4 heteroatoms. The Morgan fingerprint density at radius 2 is 1.44 bits per heavy atom. The third-order valence-corrected chi connectivity index (χ3v) is 4.97. The van der Waals surface area contributed by atoms with Crippen molar-refractivity contribution in [1.29, 1.82) is 0 Å². The summed E-state index contributed by atoms with van der Waals surface area (Å²) in [5, 5.41) is 0. The van der Waals surface area contributed by atoms with Gasteiger partial charge in [0, 0.05) is 0 Å². The first kappa shape index (κ1) is 23.5. The number of allylic oxidation sites excluding steroid dienone is 1. The van der Waals surface area contributed by atoms with Gasteiger partial charge in [0.25, 0.3) is 0 Å². The van der Waals surface area contributed by atoms with Crippen LogP contribution in [0.15, 0.2) is 23.3 Å². The van der Waals surface area contributed by atoms with Crippen LogP contribution < -0.4 is 0 Å². The maximum absolute atomic E-state index is 12.6. The van der Waals surface area contributed by atoms with Crippen LogP contribution in [0.2, 0.25) is 0 Å². The molecule has 27 heavy (non-hydrogen) atoms. The first-order valence-electron chi connectivity index (χ1n) is 10.7. The van der Waals surface area contributed by atoms with Crippen molar-refractivity contribution < 1.29 is 19.1 Å². The fourth-order valence-electron chi connectivity index (χ4n) is 3.03. The molecule has 1 aliphatic rings. The molecule has 0 radical (unpaired) electrons. The fraction of sp³-hybridized carbons (Fsp3) is 0.739. The van der Waals surface area contributed by atoms with Gasteiger partial charge in [-0.1, -0.05) is 78.4 Å². The third kappa shape index (κ3) is 9.25. The molecular weight excluding hydrogens is 340 g/mol. The van der Waals surface area contributed by atoms with Gasteiger partial charge in [-0.15, -0.1) is 0 Å². The summed E-state index contributed by atoms with van der Waals surface area (Å²) < 4.78 is 10.9. The normalized spacial score (nSPS) is 16.1. The van der Waals surface area contributed by atoms with Gasteiger partial charge < -0.3 is 9.47 Å². The first-order chi connectivity index (χ1) is 12.9. The van der Waals surface area contributed by atoms with Crippen LogP contribution in [0.1, 0.15) is 91.9 Å². The number of esters is 2. The molecule has 0 unspecified atom stereocenters. The van der Waals surface area contributed by atoms with Gasteiger partial charge in [0.05, 0.1) is 24.4 Å². The minimum atomic E-state index is -0.404. The number of hydrogen-bond donors (Lipinski definition) is 0. The van der Waals surface area contributed by atoms with E-state index in [9.17, 15) is 9.59 Å². The molecule has 0 aliphatic heterocycles. The molecule has 0 fully saturated rings. The van der Waals surface area contributed by atoms with E-state index in [2.05, 4.69) is 27.7 Å². The summed E-state index contributed by atoms with van der Waals surface area (Å²) in [7, 11) is 0. The lowest BCUT2D eigenvalue weighted by Gasteiger charge is -2.18. The van der Waals surface area contributed by atoms with Crippen molar-refractivity contribution in [3.05, 3.63) is 23.3 Å². The summed E-state index contributed by atoms with van der Waals surface area (Å²) in [6, 6.07) is 0. The van der Waals surface area contributed by atoms with E-state index in [1.807, 2.05) is 6.08 Å². The molecular formula is C23H38O4. The number of carbonyl (C=O) groups excluding carboxylic acids is 2. The zero-order chi connectivity index (χ0) is 20.1. The summed E-state index contributed by atoms with van der Waals surface area (Å²) in [5.74, 6) is -0.773. The molecule has 0 N–H and O–H groups in total. The van der Waals surface area contributed by atoms with Crippen LogP contribution in [0.25, 0.3) is 0 Å². The molecule has 0 aromatic rings. The Labute approximate surface area is 165 Å². The molecule has 0 atom stereocenters. The lowest BCUT2D eigenvalue weighted by atomic mass is 9.87. The second-order valence-electron chi connectivity index (χ2n) is 8.11. The van der Waals surface area contributed by atoms with Gasteiger partial charge in [0.2, 0.25) is 0 Å². The predicted octanol–water partition coefficient (Wildman–Crippen LogP) is 5.91. The molecule has 1 rings (SSSR count). The van der Waals surface area contributed by atoms with Gasteiger partial charge in [-0.3, -0.25) is 0 Å². The van der Waals surface area contributed by atoms with Crippen molar-refractivity contribution in [2.24, 2.45) is 5.41 Å². The standard InChI is InChI=1S/C23H38O4/c1-5-7-9-11-17-26-21(24)19-13-15-23(3,4)16-14-20(19)22(25)27-18-12-10-8-6-2/h13,15H,5-12,14,16-18H2,1-4H3. The Bertz CT molecular complexity index is 528. The van der Waals surface area contributed by atoms with E-state index in [1.165, 1.54) is 0 Å². The van der Waals surface area contributed by atoms with Gasteiger partial charge in [0.15, 0.2) is 0 Å². The second kappa shape index (κ2) is 12.7. The zero-order valence-corrected chi connectivity index (χ0v) is 17.8. The van der Waals surface area contributed by atoms with Gasteiger partial charge in [-0.25, -0.2) is 9.59 Å². The fourth-order valence-corrected chi connectivity index (χ4v) is 3.03. The summed E-state index contributed by atoms with van der Waals surface area (Å²) in [6.07, 6.45) is 13.5. The average molecular weight is 379 g/mol. The smallest absolute Gasteiger partial charge is 0.338 e. The SMILES string of the molecule is CCCCCCOC(=O)C1=C(C(=O)OCCCCCC)CCC(C)(C)C=C1. The highest BCUT2D eigenvalue weighted by atomic mass is 16.5. The van der Waals surface area contributed by atoms with Crippen LogP contribution >= 0.6 is 0 Å². The molecule has 154 valence electrons.